The Kier molecular flexibility index (Phi) is 5.90. The van der Waals surface area contributed by atoms with Crippen molar-refractivity contribution >= 4 is 11.3 Å². The molecule has 28 heavy (non-hydrogen) atoms. The number of nitrogens with one attached hydrogen (secondary N) is 2. The molecule has 1 saturated heterocycles. The zero-order chi connectivity index (χ0) is 19.5. The van der Waals surface area contributed by atoms with Gasteiger partial charge in [0.2, 0.25) is 5.56 Å². The van der Waals surface area contributed by atoms with Crippen LogP contribution in [-0.2, 0) is 16.7 Å². The number of H-pyrrole nitrogens is 1. The third-order valence-electron chi connectivity index (χ3n) is 6.49. The van der Waals surface area contributed by atoms with Gasteiger partial charge in [-0.05, 0) is 56.2 Å². The molecular weight excluding hydrogens is 372 g/mol. The standard InChI is InChI=1S/C22H30N2O3S/c1-26-17-7-14-28-18(17)15-23-12-10-21(19-5-4-6-20(25)24-19)11-13-27-22(16-21)8-2-3-9-22/h4-7,14,23H,2-3,8-13,15-16H2,1H3,(H,24,25). The summed E-state index contributed by atoms with van der Waals surface area (Å²) in [4.78, 5) is 16.4. The number of ether oxygens (including phenoxy) is 2. The van der Waals surface area contributed by atoms with E-state index < -0.39 is 0 Å². The molecular formula is C22H30N2O3S. The second kappa shape index (κ2) is 8.39. The summed E-state index contributed by atoms with van der Waals surface area (Å²) < 4.78 is 11.7. The summed E-state index contributed by atoms with van der Waals surface area (Å²) in [5, 5.41) is 5.66. The van der Waals surface area contributed by atoms with E-state index in [2.05, 4.69) is 21.7 Å². The molecule has 1 aliphatic heterocycles. The van der Waals surface area contributed by atoms with E-state index in [9.17, 15) is 4.79 Å². The Morgan fingerprint density at radius 1 is 1.25 bits per heavy atom. The molecule has 2 aromatic heterocycles. The van der Waals surface area contributed by atoms with Crippen LogP contribution < -0.4 is 15.6 Å². The van der Waals surface area contributed by atoms with Gasteiger partial charge in [0.05, 0.1) is 17.6 Å². The highest BCUT2D eigenvalue weighted by atomic mass is 32.1. The average molecular weight is 403 g/mol. The minimum absolute atomic E-state index is 0.00194. The maximum absolute atomic E-state index is 12.0. The molecule has 152 valence electrons. The predicted octanol–water partition coefficient (Wildman–Crippen LogP) is 3.99. The van der Waals surface area contributed by atoms with Gasteiger partial charge in [-0.2, -0.15) is 0 Å². The van der Waals surface area contributed by atoms with E-state index in [0.717, 1.165) is 63.2 Å². The fourth-order valence-electron chi connectivity index (χ4n) is 5.06. The van der Waals surface area contributed by atoms with Gasteiger partial charge in [-0.15, -0.1) is 11.3 Å². The zero-order valence-corrected chi connectivity index (χ0v) is 17.4. The van der Waals surface area contributed by atoms with Crippen molar-refractivity contribution < 1.29 is 9.47 Å². The van der Waals surface area contributed by atoms with E-state index >= 15 is 0 Å². The first-order chi connectivity index (χ1) is 13.6. The van der Waals surface area contributed by atoms with Gasteiger partial charge < -0.3 is 19.8 Å². The number of aromatic amines is 1. The van der Waals surface area contributed by atoms with Crippen LogP contribution >= 0.6 is 11.3 Å². The van der Waals surface area contributed by atoms with Gasteiger partial charge in [0.25, 0.3) is 0 Å². The number of thiophene rings is 1. The van der Waals surface area contributed by atoms with E-state index in [1.54, 1.807) is 24.5 Å². The number of hydrogen-bond acceptors (Lipinski definition) is 5. The monoisotopic (exact) mass is 402 g/mol. The molecule has 2 N–H and O–H groups in total. The van der Waals surface area contributed by atoms with Gasteiger partial charge in [0, 0.05) is 30.3 Å². The molecule has 1 aliphatic carbocycles. The van der Waals surface area contributed by atoms with E-state index in [1.165, 1.54) is 17.7 Å². The normalized spacial score (nSPS) is 23.9. The van der Waals surface area contributed by atoms with Crippen LogP contribution in [0.25, 0.3) is 0 Å². The molecule has 0 amide bonds. The van der Waals surface area contributed by atoms with Crippen LogP contribution in [0.1, 0.15) is 55.5 Å². The van der Waals surface area contributed by atoms with Gasteiger partial charge in [0.1, 0.15) is 5.75 Å². The van der Waals surface area contributed by atoms with Crippen LogP contribution in [0.3, 0.4) is 0 Å². The largest absolute Gasteiger partial charge is 0.496 e. The lowest BCUT2D eigenvalue weighted by molar-refractivity contribution is -0.104. The Bertz CT molecular complexity index is 840. The van der Waals surface area contributed by atoms with Crippen LogP contribution in [-0.4, -0.2) is 30.8 Å². The topological polar surface area (TPSA) is 63.3 Å². The summed E-state index contributed by atoms with van der Waals surface area (Å²) in [6.07, 6.45) is 7.74. The van der Waals surface area contributed by atoms with Gasteiger partial charge in [-0.3, -0.25) is 4.79 Å². The van der Waals surface area contributed by atoms with Gasteiger partial charge in [-0.25, -0.2) is 0 Å². The number of aromatic nitrogens is 1. The van der Waals surface area contributed by atoms with Gasteiger partial charge in [0.15, 0.2) is 0 Å². The van der Waals surface area contributed by atoms with Crippen LogP contribution in [0.2, 0.25) is 0 Å². The summed E-state index contributed by atoms with van der Waals surface area (Å²) in [7, 11) is 1.72. The molecule has 1 atom stereocenters. The first-order valence-corrected chi connectivity index (χ1v) is 11.2. The molecule has 5 nitrogen and oxygen atoms in total. The SMILES string of the molecule is COc1ccsc1CNCCC1(c2cccc(=O)[nH]2)CCOC2(CCCC2)C1. The predicted molar refractivity (Wildman–Crippen MR) is 112 cm³/mol. The molecule has 0 radical (unpaired) electrons. The van der Waals surface area contributed by atoms with E-state index in [4.69, 9.17) is 9.47 Å². The molecule has 1 unspecified atom stereocenters. The molecule has 6 heteroatoms. The highest BCUT2D eigenvalue weighted by Gasteiger charge is 2.48. The van der Waals surface area contributed by atoms with Crippen molar-refractivity contribution in [3.63, 3.8) is 0 Å². The van der Waals surface area contributed by atoms with Gasteiger partial charge >= 0.3 is 0 Å². The summed E-state index contributed by atoms with van der Waals surface area (Å²) in [5.74, 6) is 0.954. The molecule has 4 rings (SSSR count). The third-order valence-corrected chi connectivity index (χ3v) is 7.40. The molecule has 1 spiro atoms. The fourth-order valence-corrected chi connectivity index (χ4v) is 5.87. The second-order valence-electron chi connectivity index (χ2n) is 8.21. The van der Waals surface area contributed by atoms with Gasteiger partial charge in [-0.1, -0.05) is 18.9 Å². The average Bonchev–Trinajstić information content (AvgIpc) is 3.35. The van der Waals surface area contributed by atoms with Crippen LogP contribution in [0, 0.1) is 0 Å². The van der Waals surface area contributed by atoms with Crippen LogP contribution in [0.5, 0.6) is 5.75 Å². The van der Waals surface area contributed by atoms with Crippen molar-refractivity contribution in [3.05, 3.63) is 50.6 Å². The Morgan fingerprint density at radius 3 is 2.89 bits per heavy atom. The van der Waals surface area contributed by atoms with Crippen LogP contribution in [0.15, 0.2) is 34.4 Å². The van der Waals surface area contributed by atoms with Crippen LogP contribution in [0.4, 0.5) is 0 Å². The van der Waals surface area contributed by atoms with E-state index in [1.807, 2.05) is 12.1 Å². The minimum atomic E-state index is -0.0322. The minimum Gasteiger partial charge on any atom is -0.496 e. The number of hydrogen-bond donors (Lipinski definition) is 2. The lowest BCUT2D eigenvalue weighted by Crippen LogP contribution is -2.48. The highest BCUT2D eigenvalue weighted by Crippen LogP contribution is 2.49. The van der Waals surface area contributed by atoms with Crippen molar-refractivity contribution in [2.45, 2.75) is 62.5 Å². The third kappa shape index (κ3) is 4.04. The first kappa shape index (κ1) is 19.7. The molecule has 1 saturated carbocycles. The fraction of sp³-hybridized carbons (Fsp3) is 0.591. The summed E-state index contributed by atoms with van der Waals surface area (Å²) in [5.41, 5.74) is 1.03. The lowest BCUT2D eigenvalue weighted by Gasteiger charge is -2.46. The van der Waals surface area contributed by atoms with Crippen molar-refractivity contribution in [2.75, 3.05) is 20.3 Å². The quantitative estimate of drug-likeness (QED) is 0.688. The molecule has 3 heterocycles. The number of rotatable bonds is 7. The zero-order valence-electron chi connectivity index (χ0n) is 16.6. The number of methoxy groups -OCH3 is 1. The Morgan fingerprint density at radius 2 is 2.11 bits per heavy atom. The second-order valence-corrected chi connectivity index (χ2v) is 9.21. The first-order valence-electron chi connectivity index (χ1n) is 10.3. The number of pyridine rings is 1. The van der Waals surface area contributed by atoms with Crippen molar-refractivity contribution in [3.8, 4) is 5.75 Å². The molecule has 2 fully saturated rings. The summed E-state index contributed by atoms with van der Waals surface area (Å²) in [6.45, 7) is 2.48. The molecule has 0 bridgehead atoms. The molecule has 2 aromatic rings. The Hall–Kier alpha value is -1.63. The Labute approximate surface area is 170 Å². The van der Waals surface area contributed by atoms with E-state index in [-0.39, 0.29) is 16.6 Å². The van der Waals surface area contributed by atoms with Crippen molar-refractivity contribution in [2.24, 2.45) is 0 Å². The highest BCUT2D eigenvalue weighted by molar-refractivity contribution is 7.10. The maximum Gasteiger partial charge on any atom is 0.248 e. The summed E-state index contributed by atoms with van der Waals surface area (Å²) >= 11 is 1.72. The molecule has 0 aromatic carbocycles. The van der Waals surface area contributed by atoms with E-state index in [0.29, 0.717) is 0 Å². The smallest absolute Gasteiger partial charge is 0.248 e. The lowest BCUT2D eigenvalue weighted by atomic mass is 9.68. The summed E-state index contributed by atoms with van der Waals surface area (Å²) in [6, 6.07) is 7.59. The Balaban J connectivity index is 1.49. The van der Waals surface area contributed by atoms with Crippen molar-refractivity contribution in [1.82, 2.24) is 10.3 Å². The van der Waals surface area contributed by atoms with Crippen molar-refractivity contribution in [1.29, 1.82) is 0 Å². The maximum atomic E-state index is 12.0. The molecule has 2 aliphatic rings.